The van der Waals surface area contributed by atoms with Gasteiger partial charge in [-0.05, 0) is 36.5 Å². The van der Waals surface area contributed by atoms with Gasteiger partial charge in [0.25, 0.3) is 5.91 Å². The molecule has 1 aromatic carbocycles. The monoisotopic (exact) mass is 276 g/mol. The molecule has 0 saturated carbocycles. The zero-order valence-corrected chi connectivity index (χ0v) is 12.1. The highest BCUT2D eigenvalue weighted by molar-refractivity contribution is 5.95. The van der Waals surface area contributed by atoms with Gasteiger partial charge in [0, 0.05) is 11.8 Å². The third kappa shape index (κ3) is 3.73. The van der Waals surface area contributed by atoms with E-state index in [1.54, 1.807) is 24.4 Å². The van der Waals surface area contributed by atoms with E-state index in [1.165, 1.54) is 0 Å². The average Bonchev–Trinajstić information content (AvgIpc) is 2.84. The highest BCUT2D eigenvalue weighted by Crippen LogP contribution is 2.32. The van der Waals surface area contributed by atoms with Crippen LogP contribution in [0.2, 0.25) is 0 Å². The van der Waals surface area contributed by atoms with E-state index in [2.05, 4.69) is 31.3 Å². The first-order valence-electron chi connectivity index (χ1n) is 6.79. The molecule has 1 aliphatic heterocycles. The van der Waals surface area contributed by atoms with Crippen LogP contribution in [0.1, 0.15) is 37.6 Å². The summed E-state index contributed by atoms with van der Waals surface area (Å²) >= 11 is 0. The molecule has 108 valence electrons. The van der Waals surface area contributed by atoms with Crippen LogP contribution in [0.4, 0.5) is 0 Å². The fourth-order valence-corrected chi connectivity index (χ4v) is 2.13. The molecular formula is C15H20N2O3. The number of amides is 1. The van der Waals surface area contributed by atoms with Crippen molar-refractivity contribution in [1.82, 2.24) is 5.43 Å². The molecule has 5 heteroatoms. The normalized spacial score (nSPS) is 14.8. The molecule has 0 spiro atoms. The van der Waals surface area contributed by atoms with Gasteiger partial charge in [-0.25, -0.2) is 5.43 Å². The molecule has 0 fully saturated rings. The first-order valence-corrected chi connectivity index (χ1v) is 6.79. The van der Waals surface area contributed by atoms with E-state index in [0.29, 0.717) is 28.9 Å². The summed E-state index contributed by atoms with van der Waals surface area (Å²) in [4.78, 5) is 11.9. The Labute approximate surface area is 119 Å². The highest BCUT2D eigenvalue weighted by Gasteiger charge is 2.15. The summed E-state index contributed by atoms with van der Waals surface area (Å²) in [6.45, 7) is 6.60. The predicted molar refractivity (Wildman–Crippen MR) is 77.1 cm³/mol. The number of benzene rings is 1. The van der Waals surface area contributed by atoms with Crippen molar-refractivity contribution in [2.24, 2.45) is 16.9 Å². The molecule has 1 amide bonds. The van der Waals surface area contributed by atoms with E-state index in [9.17, 15) is 4.79 Å². The number of carbonyl (C=O) groups is 1. The summed E-state index contributed by atoms with van der Waals surface area (Å²) in [6.07, 6.45) is 2.81. The molecule has 1 unspecified atom stereocenters. The Kier molecular flexibility index (Phi) is 4.61. The van der Waals surface area contributed by atoms with Gasteiger partial charge in [-0.1, -0.05) is 20.8 Å². The van der Waals surface area contributed by atoms with Crippen molar-refractivity contribution < 1.29 is 14.3 Å². The van der Waals surface area contributed by atoms with Crippen LogP contribution in [-0.4, -0.2) is 18.9 Å². The Morgan fingerprint density at radius 2 is 2.10 bits per heavy atom. The lowest BCUT2D eigenvalue weighted by Crippen LogP contribution is -2.18. The Morgan fingerprint density at radius 1 is 1.35 bits per heavy atom. The first-order chi connectivity index (χ1) is 9.56. The summed E-state index contributed by atoms with van der Waals surface area (Å²) in [5, 5.41) is 4.00. The van der Waals surface area contributed by atoms with Crippen LogP contribution in [-0.2, 0) is 0 Å². The van der Waals surface area contributed by atoms with Crippen molar-refractivity contribution in [3.8, 4) is 11.5 Å². The number of carbonyl (C=O) groups excluding carboxylic acids is 1. The molecule has 0 saturated heterocycles. The van der Waals surface area contributed by atoms with Gasteiger partial charge in [0.15, 0.2) is 11.5 Å². The Morgan fingerprint density at radius 3 is 2.85 bits per heavy atom. The van der Waals surface area contributed by atoms with Crippen LogP contribution in [0.3, 0.4) is 0 Å². The van der Waals surface area contributed by atoms with Gasteiger partial charge in [-0.15, -0.1) is 0 Å². The minimum Gasteiger partial charge on any atom is -0.454 e. The molecule has 1 atom stereocenters. The molecule has 2 rings (SSSR count). The number of nitrogens with one attached hydrogen (secondary N) is 1. The minimum absolute atomic E-state index is 0.200. The van der Waals surface area contributed by atoms with Gasteiger partial charge in [0.1, 0.15) is 0 Å². The second-order valence-electron chi connectivity index (χ2n) is 5.39. The van der Waals surface area contributed by atoms with E-state index < -0.39 is 0 Å². The second-order valence-corrected chi connectivity index (χ2v) is 5.39. The van der Waals surface area contributed by atoms with Crippen LogP contribution in [0, 0.1) is 11.8 Å². The SMILES string of the molecule is CC(C)CC(C)/C=N/NC(=O)c1ccc2c(c1)OCO2. The van der Waals surface area contributed by atoms with Gasteiger partial charge >= 0.3 is 0 Å². The maximum Gasteiger partial charge on any atom is 0.271 e. The van der Waals surface area contributed by atoms with Crippen LogP contribution in [0.25, 0.3) is 0 Å². The van der Waals surface area contributed by atoms with E-state index in [0.717, 1.165) is 6.42 Å². The summed E-state index contributed by atoms with van der Waals surface area (Å²) in [5.74, 6) is 1.95. The van der Waals surface area contributed by atoms with Crippen molar-refractivity contribution in [3.05, 3.63) is 23.8 Å². The van der Waals surface area contributed by atoms with E-state index >= 15 is 0 Å². The molecule has 1 heterocycles. The molecule has 5 nitrogen and oxygen atoms in total. The number of hydrogen-bond acceptors (Lipinski definition) is 4. The van der Waals surface area contributed by atoms with E-state index in [1.807, 2.05) is 0 Å². The number of hydrogen-bond donors (Lipinski definition) is 1. The number of fused-ring (bicyclic) bond motifs is 1. The fraction of sp³-hybridized carbons (Fsp3) is 0.467. The van der Waals surface area contributed by atoms with Crippen molar-refractivity contribution in [3.63, 3.8) is 0 Å². The highest BCUT2D eigenvalue weighted by atomic mass is 16.7. The number of rotatable bonds is 5. The average molecular weight is 276 g/mol. The Bertz CT molecular complexity index is 512. The van der Waals surface area contributed by atoms with Gasteiger partial charge in [0.2, 0.25) is 6.79 Å². The third-order valence-corrected chi connectivity index (χ3v) is 2.97. The molecule has 1 aromatic rings. The van der Waals surface area contributed by atoms with Gasteiger partial charge in [0.05, 0.1) is 0 Å². The first kappa shape index (κ1) is 14.4. The van der Waals surface area contributed by atoms with Crippen molar-refractivity contribution in [1.29, 1.82) is 0 Å². The maximum atomic E-state index is 11.9. The summed E-state index contributed by atoms with van der Waals surface area (Å²) in [6, 6.07) is 5.07. The van der Waals surface area contributed by atoms with Crippen molar-refractivity contribution in [2.75, 3.05) is 6.79 Å². The van der Waals surface area contributed by atoms with Crippen molar-refractivity contribution in [2.45, 2.75) is 27.2 Å². The molecule has 0 aliphatic carbocycles. The molecule has 1 N–H and O–H groups in total. The molecule has 0 bridgehead atoms. The Balaban J connectivity index is 1.90. The van der Waals surface area contributed by atoms with Gasteiger partial charge in [-0.3, -0.25) is 4.79 Å². The zero-order chi connectivity index (χ0) is 14.5. The lowest BCUT2D eigenvalue weighted by molar-refractivity contribution is 0.0954. The molecule has 20 heavy (non-hydrogen) atoms. The van der Waals surface area contributed by atoms with Crippen LogP contribution in [0.5, 0.6) is 11.5 Å². The number of hydrazone groups is 1. The zero-order valence-electron chi connectivity index (χ0n) is 12.1. The van der Waals surface area contributed by atoms with Gasteiger partial charge in [-0.2, -0.15) is 5.10 Å². The molecule has 0 aromatic heterocycles. The van der Waals surface area contributed by atoms with E-state index in [-0.39, 0.29) is 12.7 Å². The lowest BCUT2D eigenvalue weighted by Gasteiger charge is -2.08. The van der Waals surface area contributed by atoms with Gasteiger partial charge < -0.3 is 9.47 Å². The fourth-order valence-electron chi connectivity index (χ4n) is 2.13. The van der Waals surface area contributed by atoms with Crippen LogP contribution in [0.15, 0.2) is 23.3 Å². The smallest absolute Gasteiger partial charge is 0.271 e. The summed E-state index contributed by atoms with van der Waals surface area (Å²) < 4.78 is 10.4. The minimum atomic E-state index is -0.253. The summed E-state index contributed by atoms with van der Waals surface area (Å²) in [5.41, 5.74) is 3.03. The largest absolute Gasteiger partial charge is 0.454 e. The predicted octanol–water partition coefficient (Wildman–Crippen LogP) is 2.81. The van der Waals surface area contributed by atoms with Crippen molar-refractivity contribution >= 4 is 12.1 Å². The number of nitrogens with zero attached hydrogens (tertiary/aromatic N) is 1. The van der Waals surface area contributed by atoms with E-state index in [4.69, 9.17) is 9.47 Å². The third-order valence-electron chi connectivity index (χ3n) is 2.97. The summed E-state index contributed by atoms with van der Waals surface area (Å²) in [7, 11) is 0. The quantitative estimate of drug-likeness (QED) is 0.664. The molecule has 0 radical (unpaired) electrons. The topological polar surface area (TPSA) is 59.9 Å². The molecule has 1 aliphatic rings. The van der Waals surface area contributed by atoms with Crippen LogP contribution >= 0.6 is 0 Å². The molecular weight excluding hydrogens is 256 g/mol. The Hall–Kier alpha value is -2.04. The standard InChI is InChI=1S/C15H20N2O3/c1-10(2)6-11(3)8-16-17-15(18)12-4-5-13-14(7-12)20-9-19-13/h4-5,7-8,10-11H,6,9H2,1-3H3,(H,17,18)/b16-8+. The van der Waals surface area contributed by atoms with Crippen LogP contribution < -0.4 is 14.9 Å². The number of ether oxygens (including phenoxy) is 2. The second kappa shape index (κ2) is 6.41. The lowest BCUT2D eigenvalue weighted by atomic mass is 10.0. The maximum absolute atomic E-state index is 11.9.